The third kappa shape index (κ3) is 17.0. The van der Waals surface area contributed by atoms with Gasteiger partial charge in [-0.05, 0) is 80.9 Å². The van der Waals surface area contributed by atoms with Gasteiger partial charge in [-0.3, -0.25) is 4.79 Å². The van der Waals surface area contributed by atoms with E-state index in [0.717, 1.165) is 12.8 Å². The van der Waals surface area contributed by atoms with Crippen molar-refractivity contribution in [3.8, 4) is 0 Å². The minimum atomic E-state index is -0.745. The number of carboxylic acid groups (broad SMARTS) is 1. The van der Waals surface area contributed by atoms with Gasteiger partial charge in [-0.25, -0.2) is 0 Å². The molecule has 0 saturated heterocycles. The van der Waals surface area contributed by atoms with Crippen molar-refractivity contribution >= 4 is 18.3 Å². The van der Waals surface area contributed by atoms with Crippen molar-refractivity contribution in [3.63, 3.8) is 0 Å². The third-order valence-corrected chi connectivity index (χ3v) is 5.85. The summed E-state index contributed by atoms with van der Waals surface area (Å²) in [6.45, 7) is 16.9. The average Bonchev–Trinajstić information content (AvgIpc) is 2.96. The monoisotopic (exact) mass is 546 g/mol. The lowest BCUT2D eigenvalue weighted by atomic mass is 9.87. The third-order valence-electron chi connectivity index (χ3n) is 5.85. The summed E-state index contributed by atoms with van der Waals surface area (Å²) in [5, 5.41) is 7.72. The van der Waals surface area contributed by atoms with E-state index >= 15 is 0 Å². The zero-order valence-electron chi connectivity index (χ0n) is 26.1. The molecule has 1 N–H and O–H groups in total. The van der Waals surface area contributed by atoms with E-state index < -0.39 is 5.97 Å². The van der Waals surface area contributed by atoms with Crippen LogP contribution in [0.5, 0.6) is 0 Å². The standard InChI is InChI=1S/C23H28.C7H8.C3H6O2.C2H6O.CH2O/c1-6-22(19(5)20-13-8-7-9-14-20)23(17(2)3)16-21-15-11-10-12-18(21)4;1-7-5-3-2-4-6-7;1-2-3(4)5;1-3-2;1-2/h7-15H,6,16H2,1-5H3;2-6H,1H3;2H2,1H3,(H,4,5);1-2H3;1H2/b22-19+;;;;. The summed E-state index contributed by atoms with van der Waals surface area (Å²) >= 11 is 0. The van der Waals surface area contributed by atoms with Crippen molar-refractivity contribution in [2.75, 3.05) is 14.2 Å². The molecule has 4 heteroatoms. The molecule has 0 aliphatic carbocycles. The van der Waals surface area contributed by atoms with Gasteiger partial charge in [0.25, 0.3) is 0 Å². The second kappa shape index (κ2) is 24.3. The van der Waals surface area contributed by atoms with Crippen molar-refractivity contribution in [2.24, 2.45) is 0 Å². The number of aryl methyl sites for hydroxylation is 2. The van der Waals surface area contributed by atoms with Gasteiger partial charge in [0.2, 0.25) is 0 Å². The summed E-state index contributed by atoms with van der Waals surface area (Å²) < 4.78 is 4.25. The summed E-state index contributed by atoms with van der Waals surface area (Å²) in [6.07, 6.45) is 2.30. The van der Waals surface area contributed by atoms with Crippen molar-refractivity contribution in [3.05, 3.63) is 124 Å². The highest BCUT2D eigenvalue weighted by atomic mass is 16.4. The number of carboxylic acids is 1. The van der Waals surface area contributed by atoms with Crippen LogP contribution >= 0.6 is 0 Å². The Morgan fingerprint density at radius 1 is 0.725 bits per heavy atom. The number of hydrogen-bond acceptors (Lipinski definition) is 3. The lowest BCUT2D eigenvalue weighted by Crippen LogP contribution is -2.01. The maximum Gasteiger partial charge on any atom is 0.303 e. The fourth-order valence-corrected chi connectivity index (χ4v) is 3.69. The lowest BCUT2D eigenvalue weighted by Gasteiger charge is -2.18. The summed E-state index contributed by atoms with van der Waals surface area (Å²) in [5.41, 5.74) is 11.2. The molecule has 0 atom stereocenters. The highest BCUT2D eigenvalue weighted by Crippen LogP contribution is 2.30. The average molecular weight is 547 g/mol. The van der Waals surface area contributed by atoms with Gasteiger partial charge in [-0.2, -0.15) is 0 Å². The molecular formula is C36H50O4. The highest BCUT2D eigenvalue weighted by molar-refractivity contribution is 5.71. The zero-order valence-corrected chi connectivity index (χ0v) is 26.1. The normalized spacial score (nSPS) is 9.82. The van der Waals surface area contributed by atoms with Crippen LogP contribution in [-0.2, 0) is 20.7 Å². The molecule has 0 aliphatic rings. The maximum absolute atomic E-state index is 9.37. The van der Waals surface area contributed by atoms with Crippen molar-refractivity contribution in [1.82, 2.24) is 0 Å². The molecule has 0 spiro atoms. The lowest BCUT2D eigenvalue weighted by molar-refractivity contribution is -0.136. The molecule has 3 aromatic carbocycles. The Morgan fingerprint density at radius 2 is 1.15 bits per heavy atom. The Labute approximate surface area is 243 Å². The van der Waals surface area contributed by atoms with Crippen molar-refractivity contribution in [1.29, 1.82) is 0 Å². The van der Waals surface area contributed by atoms with Gasteiger partial charge in [-0.1, -0.05) is 110 Å². The minimum absolute atomic E-state index is 0.222. The van der Waals surface area contributed by atoms with E-state index in [4.69, 9.17) is 9.90 Å². The number of rotatable bonds is 6. The van der Waals surface area contributed by atoms with E-state index in [1.807, 2.05) is 25.0 Å². The summed E-state index contributed by atoms with van der Waals surface area (Å²) in [7, 11) is 3.25. The van der Waals surface area contributed by atoms with Crippen LogP contribution in [0.25, 0.3) is 5.57 Å². The Kier molecular flexibility index (Phi) is 23.3. The van der Waals surface area contributed by atoms with Gasteiger partial charge in [0.1, 0.15) is 6.79 Å². The molecule has 218 valence electrons. The Hall–Kier alpha value is -3.76. The molecule has 0 radical (unpaired) electrons. The van der Waals surface area contributed by atoms with Gasteiger partial charge in [0.05, 0.1) is 0 Å². The second-order valence-corrected chi connectivity index (χ2v) is 9.22. The van der Waals surface area contributed by atoms with Crippen LogP contribution in [0.4, 0.5) is 0 Å². The second-order valence-electron chi connectivity index (χ2n) is 9.22. The molecular weight excluding hydrogens is 496 g/mol. The van der Waals surface area contributed by atoms with E-state index in [-0.39, 0.29) is 6.42 Å². The van der Waals surface area contributed by atoms with E-state index in [1.54, 1.807) is 21.1 Å². The van der Waals surface area contributed by atoms with Crippen molar-refractivity contribution < 1.29 is 19.4 Å². The number of benzene rings is 3. The number of ether oxygens (including phenoxy) is 1. The quantitative estimate of drug-likeness (QED) is 0.313. The molecule has 0 bridgehead atoms. The van der Waals surface area contributed by atoms with Crippen LogP contribution in [-0.4, -0.2) is 32.1 Å². The SMILES string of the molecule is C=O.CC/C(C(Cc1ccccc1C)=C(C)C)=C(/C)c1ccccc1.CCC(=O)O.COC.Cc1ccccc1. The van der Waals surface area contributed by atoms with Gasteiger partial charge >= 0.3 is 5.97 Å². The number of aliphatic carboxylic acids is 1. The van der Waals surface area contributed by atoms with E-state index in [2.05, 4.69) is 113 Å². The highest BCUT2D eigenvalue weighted by Gasteiger charge is 2.12. The van der Waals surface area contributed by atoms with Crippen molar-refractivity contribution in [2.45, 2.75) is 67.7 Å². The first kappa shape index (κ1) is 38.4. The molecule has 0 heterocycles. The molecule has 4 nitrogen and oxygen atoms in total. The number of carbonyl (C=O) groups is 2. The summed E-state index contributed by atoms with van der Waals surface area (Å²) in [6, 6.07) is 29.7. The van der Waals surface area contributed by atoms with Gasteiger partial charge in [-0.15, -0.1) is 0 Å². The fraction of sp³-hybridized carbons (Fsp3) is 0.333. The van der Waals surface area contributed by atoms with Gasteiger partial charge in [0.15, 0.2) is 0 Å². The molecule has 3 aromatic rings. The fourth-order valence-electron chi connectivity index (χ4n) is 3.69. The molecule has 0 saturated carbocycles. The van der Waals surface area contributed by atoms with E-state index in [0.29, 0.717) is 0 Å². The molecule has 0 fully saturated rings. The van der Waals surface area contributed by atoms with Crippen LogP contribution < -0.4 is 0 Å². The Morgan fingerprint density at radius 3 is 1.50 bits per heavy atom. The number of methoxy groups -OCH3 is 1. The van der Waals surface area contributed by atoms with Gasteiger partial charge < -0.3 is 14.6 Å². The van der Waals surface area contributed by atoms with E-state index in [9.17, 15) is 4.79 Å². The zero-order chi connectivity index (χ0) is 30.9. The molecule has 0 aliphatic heterocycles. The summed E-state index contributed by atoms with van der Waals surface area (Å²) in [4.78, 5) is 17.4. The first-order valence-electron chi connectivity index (χ1n) is 13.5. The summed E-state index contributed by atoms with van der Waals surface area (Å²) in [5.74, 6) is -0.745. The molecule has 3 rings (SSSR count). The van der Waals surface area contributed by atoms with Crippen LogP contribution in [0.3, 0.4) is 0 Å². The van der Waals surface area contributed by atoms with Gasteiger partial charge in [0, 0.05) is 20.6 Å². The maximum atomic E-state index is 9.37. The Balaban J connectivity index is 0. The first-order chi connectivity index (χ1) is 19.1. The Bertz CT molecular complexity index is 1130. The molecule has 0 unspecified atom stereocenters. The number of carbonyl (C=O) groups excluding carboxylic acids is 1. The molecule has 0 amide bonds. The molecule has 40 heavy (non-hydrogen) atoms. The van der Waals surface area contributed by atoms with Crippen LogP contribution in [0.1, 0.15) is 69.7 Å². The number of allylic oxidation sites excluding steroid dienone is 4. The van der Waals surface area contributed by atoms with Crippen LogP contribution in [0.2, 0.25) is 0 Å². The number of hydrogen-bond donors (Lipinski definition) is 1. The topological polar surface area (TPSA) is 63.6 Å². The predicted octanol–water partition coefficient (Wildman–Crippen LogP) is 9.31. The smallest absolute Gasteiger partial charge is 0.303 e. The predicted molar refractivity (Wildman–Crippen MR) is 172 cm³/mol. The largest absolute Gasteiger partial charge is 0.481 e. The first-order valence-corrected chi connectivity index (χ1v) is 13.5. The van der Waals surface area contributed by atoms with Crippen LogP contribution in [0.15, 0.2) is 102 Å². The van der Waals surface area contributed by atoms with E-state index in [1.165, 1.54) is 44.5 Å². The minimum Gasteiger partial charge on any atom is -0.481 e. The van der Waals surface area contributed by atoms with Crippen LogP contribution in [0, 0.1) is 13.8 Å². The molecule has 0 aromatic heterocycles.